The highest BCUT2D eigenvalue weighted by Gasteiger charge is 2.41. The first kappa shape index (κ1) is 39.9. The molecule has 10 nitrogen and oxygen atoms in total. The molecule has 3 atom stereocenters. The molecule has 6 aromatic rings. The molecule has 3 aromatic carbocycles. The van der Waals surface area contributed by atoms with Crippen molar-refractivity contribution in [1.82, 2.24) is 29.9 Å². The van der Waals surface area contributed by atoms with Crippen LogP contribution >= 0.6 is 11.3 Å². The summed E-state index contributed by atoms with van der Waals surface area (Å²) in [6.07, 6.45) is -0.614. The van der Waals surface area contributed by atoms with Gasteiger partial charge in [-0.1, -0.05) is 30.3 Å². The molecule has 304 valence electrons. The zero-order valence-electron chi connectivity index (χ0n) is 33.4. The smallest absolute Gasteiger partial charge is 0.401 e. The number of alkyl halides is 3. The van der Waals surface area contributed by atoms with Crippen molar-refractivity contribution in [3.63, 3.8) is 0 Å². The van der Waals surface area contributed by atoms with Crippen LogP contribution in [0, 0.1) is 20.8 Å². The van der Waals surface area contributed by atoms with Gasteiger partial charge in [0.15, 0.2) is 5.82 Å². The number of ether oxygens (including phenoxy) is 3. The SMILES string of the molecule is Cc1sc2c(c1C)C(c1ccc(OCCOCCOCCCc3ccccc3[C@H]3c4ccc5[nH]ncc5c4C[C@@H](C)N3CC(F)(F)F)cc1)=N[C@@H](C)c1nnc(C)n1-2. The third kappa shape index (κ3) is 8.07. The van der Waals surface area contributed by atoms with Gasteiger partial charge in [-0.25, -0.2) is 0 Å². The Bertz CT molecular complexity index is 2420. The molecule has 0 radical (unpaired) electrons. The van der Waals surface area contributed by atoms with Gasteiger partial charge >= 0.3 is 6.18 Å². The molecule has 2 aliphatic heterocycles. The Morgan fingerprint density at radius 1 is 0.879 bits per heavy atom. The van der Waals surface area contributed by atoms with E-state index in [1.807, 2.05) is 62.4 Å². The van der Waals surface area contributed by atoms with Gasteiger partial charge in [0.1, 0.15) is 29.2 Å². The molecule has 5 heterocycles. The van der Waals surface area contributed by atoms with Gasteiger partial charge in [0, 0.05) is 34.0 Å². The van der Waals surface area contributed by atoms with Crippen molar-refractivity contribution in [1.29, 1.82) is 0 Å². The van der Waals surface area contributed by atoms with Crippen LogP contribution in [-0.2, 0) is 22.3 Å². The molecule has 0 amide bonds. The molecule has 0 saturated carbocycles. The predicted molar refractivity (Wildman–Crippen MR) is 220 cm³/mol. The second-order valence-corrected chi connectivity index (χ2v) is 16.4. The lowest BCUT2D eigenvalue weighted by Gasteiger charge is -2.43. The summed E-state index contributed by atoms with van der Waals surface area (Å²) in [5, 5.41) is 18.1. The van der Waals surface area contributed by atoms with Crippen LogP contribution in [0.1, 0.15) is 87.8 Å². The maximum Gasteiger partial charge on any atom is 0.401 e. The fourth-order valence-corrected chi connectivity index (χ4v) is 9.56. The second-order valence-electron chi connectivity index (χ2n) is 15.2. The summed E-state index contributed by atoms with van der Waals surface area (Å²) in [5.41, 5.74) is 9.08. The summed E-state index contributed by atoms with van der Waals surface area (Å²) >= 11 is 1.74. The largest absolute Gasteiger partial charge is 0.491 e. The van der Waals surface area contributed by atoms with Crippen LogP contribution in [0.4, 0.5) is 13.2 Å². The van der Waals surface area contributed by atoms with E-state index in [1.165, 1.54) is 10.4 Å². The molecular formula is C44H48F3N7O3S. The van der Waals surface area contributed by atoms with E-state index >= 15 is 0 Å². The van der Waals surface area contributed by atoms with Gasteiger partial charge in [0.25, 0.3) is 0 Å². The number of rotatable bonds is 14. The summed E-state index contributed by atoms with van der Waals surface area (Å²) in [6, 6.07) is 18.8. The number of aromatic amines is 1. The van der Waals surface area contributed by atoms with Crippen LogP contribution in [0.5, 0.6) is 5.75 Å². The number of thiophene rings is 1. The van der Waals surface area contributed by atoms with Crippen molar-refractivity contribution in [3.05, 3.63) is 122 Å². The van der Waals surface area contributed by atoms with E-state index in [2.05, 4.69) is 57.9 Å². The molecule has 0 fully saturated rings. The van der Waals surface area contributed by atoms with Crippen molar-refractivity contribution in [2.75, 3.05) is 39.6 Å². The summed E-state index contributed by atoms with van der Waals surface area (Å²) in [7, 11) is 0. The number of H-pyrrole nitrogens is 1. The van der Waals surface area contributed by atoms with Crippen molar-refractivity contribution < 1.29 is 27.4 Å². The number of hydrogen-bond donors (Lipinski definition) is 1. The highest BCUT2D eigenvalue weighted by Crippen LogP contribution is 2.43. The van der Waals surface area contributed by atoms with Crippen molar-refractivity contribution in [2.45, 2.75) is 78.2 Å². The topological polar surface area (TPSA) is 103 Å². The third-order valence-corrected chi connectivity index (χ3v) is 12.5. The number of fused-ring (bicyclic) bond motifs is 6. The quantitative estimate of drug-likeness (QED) is 0.110. The maximum absolute atomic E-state index is 14.0. The third-order valence-electron chi connectivity index (χ3n) is 11.3. The maximum atomic E-state index is 14.0. The summed E-state index contributed by atoms with van der Waals surface area (Å²) in [4.78, 5) is 7.97. The van der Waals surface area contributed by atoms with E-state index in [0.717, 1.165) is 78.8 Å². The van der Waals surface area contributed by atoms with E-state index in [-0.39, 0.29) is 12.1 Å². The number of nitrogens with zero attached hydrogens (tertiary/aromatic N) is 6. The number of aliphatic imine (C=N–C) groups is 1. The van der Waals surface area contributed by atoms with Crippen LogP contribution in [0.3, 0.4) is 0 Å². The molecule has 2 aliphatic rings. The Hall–Kier alpha value is -4.89. The number of benzene rings is 3. The van der Waals surface area contributed by atoms with Crippen molar-refractivity contribution in [3.8, 4) is 10.8 Å². The van der Waals surface area contributed by atoms with Gasteiger partial charge < -0.3 is 14.2 Å². The first-order chi connectivity index (χ1) is 28.0. The lowest BCUT2D eigenvalue weighted by atomic mass is 9.81. The van der Waals surface area contributed by atoms with Gasteiger partial charge in [-0.2, -0.15) is 18.3 Å². The lowest BCUT2D eigenvalue weighted by Crippen LogP contribution is -2.47. The van der Waals surface area contributed by atoms with Crippen LogP contribution in [0.25, 0.3) is 15.9 Å². The average Bonchev–Trinajstić information content (AvgIpc) is 3.90. The molecule has 0 aliphatic carbocycles. The highest BCUT2D eigenvalue weighted by atomic mass is 32.1. The molecule has 14 heteroatoms. The standard InChI is InChI=1S/C44H48F3N7O3S/c1-26-23-36-35(16-17-38-37(36)24-48-51-38)41(53(26)25-44(45,46)47)34-11-7-6-9-31(34)10-8-18-55-19-20-56-21-22-57-33-14-12-32(13-15-33)40-39-27(2)29(4)58-43(39)54-30(5)50-52-42(54)28(3)49-40/h6-7,9,11-17,24,26,28,41H,8,10,18-23,25H2,1-5H3,(H,48,51)/t26-,28+,41+/m1/s1. The Labute approximate surface area is 340 Å². The average molecular weight is 812 g/mol. The van der Waals surface area contributed by atoms with E-state index in [4.69, 9.17) is 19.2 Å². The van der Waals surface area contributed by atoms with E-state index < -0.39 is 18.8 Å². The Morgan fingerprint density at radius 3 is 2.43 bits per heavy atom. The van der Waals surface area contributed by atoms with E-state index in [1.54, 1.807) is 22.4 Å². The molecule has 8 rings (SSSR count). The minimum Gasteiger partial charge on any atom is -0.491 e. The van der Waals surface area contributed by atoms with Crippen molar-refractivity contribution >= 4 is 28.0 Å². The van der Waals surface area contributed by atoms with Crippen LogP contribution in [0.2, 0.25) is 0 Å². The van der Waals surface area contributed by atoms with Gasteiger partial charge in [-0.3, -0.25) is 19.6 Å². The normalized spacial score (nSPS) is 18.1. The highest BCUT2D eigenvalue weighted by molar-refractivity contribution is 7.15. The molecule has 3 aromatic heterocycles. The summed E-state index contributed by atoms with van der Waals surface area (Å²) < 4.78 is 61.7. The fraction of sp³-hybridized carbons (Fsp3) is 0.409. The van der Waals surface area contributed by atoms with E-state index in [0.29, 0.717) is 45.9 Å². The lowest BCUT2D eigenvalue weighted by molar-refractivity contribution is -0.155. The van der Waals surface area contributed by atoms with Crippen LogP contribution < -0.4 is 4.74 Å². The van der Waals surface area contributed by atoms with Crippen LogP contribution in [-0.4, -0.2) is 87.4 Å². The van der Waals surface area contributed by atoms with E-state index in [9.17, 15) is 13.2 Å². The molecule has 0 bridgehead atoms. The fourth-order valence-electron chi connectivity index (χ4n) is 8.35. The number of aryl methyl sites for hydroxylation is 3. The van der Waals surface area contributed by atoms with Gasteiger partial charge in [0.2, 0.25) is 0 Å². The van der Waals surface area contributed by atoms with Crippen molar-refractivity contribution in [2.24, 2.45) is 4.99 Å². The molecule has 0 spiro atoms. The molecule has 1 N–H and O–H groups in total. The predicted octanol–water partition coefficient (Wildman–Crippen LogP) is 8.99. The summed E-state index contributed by atoms with van der Waals surface area (Å²) in [6.45, 7) is 11.4. The molecule has 0 saturated heterocycles. The van der Waals surface area contributed by atoms with Gasteiger partial charge in [-0.15, -0.1) is 21.5 Å². The second kappa shape index (κ2) is 16.8. The summed E-state index contributed by atoms with van der Waals surface area (Å²) in [5.74, 6) is 2.45. The molecule has 0 unspecified atom stereocenters. The van der Waals surface area contributed by atoms with Gasteiger partial charge in [0.05, 0.1) is 49.8 Å². The molecular weight excluding hydrogens is 764 g/mol. The molecule has 58 heavy (non-hydrogen) atoms. The Morgan fingerprint density at radius 2 is 1.64 bits per heavy atom. The minimum atomic E-state index is -4.32. The van der Waals surface area contributed by atoms with Gasteiger partial charge in [-0.05, 0) is 112 Å². The number of halogens is 3. The first-order valence-electron chi connectivity index (χ1n) is 19.8. The zero-order chi connectivity index (χ0) is 40.6. The number of aromatic nitrogens is 5. The Kier molecular flexibility index (Phi) is 11.5. The minimum absolute atomic E-state index is 0.144. The zero-order valence-corrected chi connectivity index (χ0v) is 34.2. The Balaban J connectivity index is 0.811. The number of nitrogens with one attached hydrogen (secondary N) is 1. The first-order valence-corrected chi connectivity index (χ1v) is 20.6. The monoisotopic (exact) mass is 811 g/mol. The van der Waals surface area contributed by atoms with Crippen LogP contribution in [0.15, 0.2) is 71.9 Å². The number of hydrogen-bond acceptors (Lipinski definition) is 9.